The maximum atomic E-state index is 12.9. The lowest BCUT2D eigenvalue weighted by Crippen LogP contribution is -2.41. The molecule has 0 radical (unpaired) electrons. The first-order valence-corrected chi connectivity index (χ1v) is 12.3. The molecule has 6 rings (SSSR count). The number of hydrogen-bond acceptors (Lipinski definition) is 6. The predicted molar refractivity (Wildman–Crippen MR) is 130 cm³/mol. The van der Waals surface area contributed by atoms with Gasteiger partial charge in [-0.25, -0.2) is 4.98 Å². The zero-order chi connectivity index (χ0) is 22.4. The average Bonchev–Trinajstić information content (AvgIpc) is 3.48. The number of nitrogens with zero attached hydrogens (tertiary/aromatic N) is 4. The minimum Gasteiger partial charge on any atom is -0.394 e. The van der Waals surface area contributed by atoms with Crippen LogP contribution in [0.2, 0.25) is 0 Å². The first-order chi connectivity index (χ1) is 16.2. The van der Waals surface area contributed by atoms with Crippen molar-refractivity contribution in [1.82, 2.24) is 14.5 Å². The van der Waals surface area contributed by atoms with Crippen molar-refractivity contribution in [1.29, 1.82) is 0 Å². The standard InChI is InChI=1S/C26H31N5O2/c32-16-22-3-1-2-12-30(22)21-9-7-20(8-10-21)28-26-27-15-19-6-11-24(33)31(25(19)29-26)23-14-17-4-5-18(23)13-17/h6-11,15,17-18,22-23,32H,1-5,12-14,16H2,(H,27,28,29). The molecular formula is C26H31N5O2. The summed E-state index contributed by atoms with van der Waals surface area (Å²) in [7, 11) is 0. The van der Waals surface area contributed by atoms with E-state index in [0.717, 1.165) is 54.1 Å². The fourth-order valence-corrected chi connectivity index (χ4v) is 6.34. The van der Waals surface area contributed by atoms with Crippen LogP contribution in [0.15, 0.2) is 47.4 Å². The van der Waals surface area contributed by atoms with Crippen LogP contribution in [-0.4, -0.2) is 38.8 Å². The van der Waals surface area contributed by atoms with E-state index in [1.165, 1.54) is 25.7 Å². The van der Waals surface area contributed by atoms with Crippen LogP contribution in [0.1, 0.15) is 51.0 Å². The SMILES string of the molecule is O=c1ccc2cnc(Nc3ccc(N4CCCCC4CO)cc3)nc2n1C1CC2CCC1C2. The Morgan fingerprint density at radius 1 is 1.03 bits per heavy atom. The fraction of sp³-hybridized carbons (Fsp3) is 0.500. The summed E-state index contributed by atoms with van der Waals surface area (Å²) in [5.74, 6) is 1.85. The summed E-state index contributed by atoms with van der Waals surface area (Å²) >= 11 is 0. The van der Waals surface area contributed by atoms with E-state index < -0.39 is 0 Å². The quantitative estimate of drug-likeness (QED) is 0.611. The number of aromatic nitrogens is 3. The molecule has 172 valence electrons. The third kappa shape index (κ3) is 3.78. The Hall–Kier alpha value is -2.93. The summed E-state index contributed by atoms with van der Waals surface area (Å²) < 4.78 is 1.93. The van der Waals surface area contributed by atoms with Crippen LogP contribution >= 0.6 is 0 Å². The van der Waals surface area contributed by atoms with Crippen molar-refractivity contribution in [3.8, 4) is 0 Å². The van der Waals surface area contributed by atoms with Gasteiger partial charge in [-0.3, -0.25) is 9.36 Å². The van der Waals surface area contributed by atoms with Crippen molar-refractivity contribution in [2.75, 3.05) is 23.4 Å². The largest absolute Gasteiger partial charge is 0.394 e. The molecule has 2 aromatic heterocycles. The van der Waals surface area contributed by atoms with E-state index in [1.54, 1.807) is 6.07 Å². The van der Waals surface area contributed by atoms with Gasteiger partial charge in [0.25, 0.3) is 5.56 Å². The van der Waals surface area contributed by atoms with E-state index in [9.17, 15) is 9.90 Å². The van der Waals surface area contributed by atoms with Gasteiger partial charge in [0.05, 0.1) is 12.6 Å². The highest BCUT2D eigenvalue weighted by atomic mass is 16.3. The molecule has 2 saturated carbocycles. The molecule has 2 aliphatic carbocycles. The molecule has 3 heterocycles. The summed E-state index contributed by atoms with van der Waals surface area (Å²) in [6.07, 6.45) is 10.0. The summed E-state index contributed by atoms with van der Waals surface area (Å²) in [6, 6.07) is 12.2. The zero-order valence-corrected chi connectivity index (χ0v) is 18.9. The number of aliphatic hydroxyl groups is 1. The topological polar surface area (TPSA) is 83.3 Å². The van der Waals surface area contributed by atoms with Gasteiger partial charge in [-0.05, 0) is 80.7 Å². The molecule has 4 unspecified atom stereocenters. The molecule has 0 amide bonds. The molecule has 7 nitrogen and oxygen atoms in total. The van der Waals surface area contributed by atoms with Gasteiger partial charge in [0.2, 0.25) is 5.95 Å². The Morgan fingerprint density at radius 3 is 2.67 bits per heavy atom. The monoisotopic (exact) mass is 445 g/mol. The molecule has 1 aromatic carbocycles. The number of fused-ring (bicyclic) bond motifs is 3. The van der Waals surface area contributed by atoms with Crippen LogP contribution in [0, 0.1) is 11.8 Å². The molecular weight excluding hydrogens is 414 g/mol. The molecule has 2 bridgehead atoms. The number of anilines is 3. The second-order valence-electron chi connectivity index (χ2n) is 9.95. The van der Waals surface area contributed by atoms with Crippen LogP contribution in [0.5, 0.6) is 0 Å². The van der Waals surface area contributed by atoms with Gasteiger partial charge in [0, 0.05) is 41.6 Å². The van der Waals surface area contributed by atoms with E-state index >= 15 is 0 Å². The van der Waals surface area contributed by atoms with E-state index in [0.29, 0.717) is 11.9 Å². The lowest BCUT2D eigenvalue weighted by atomic mass is 9.95. The molecule has 7 heteroatoms. The van der Waals surface area contributed by atoms with Crippen molar-refractivity contribution < 1.29 is 5.11 Å². The molecule has 3 aromatic rings. The lowest BCUT2D eigenvalue weighted by molar-refractivity contribution is 0.240. The van der Waals surface area contributed by atoms with Crippen molar-refractivity contribution in [3.63, 3.8) is 0 Å². The lowest BCUT2D eigenvalue weighted by Gasteiger charge is -2.36. The normalized spacial score (nSPS) is 26.8. The van der Waals surface area contributed by atoms with E-state index in [-0.39, 0.29) is 24.2 Å². The van der Waals surface area contributed by atoms with E-state index in [4.69, 9.17) is 4.98 Å². The molecule has 0 spiro atoms. The third-order valence-corrected chi connectivity index (χ3v) is 7.99. The van der Waals surface area contributed by atoms with Crippen molar-refractivity contribution >= 4 is 28.4 Å². The van der Waals surface area contributed by atoms with Crippen LogP contribution in [0.4, 0.5) is 17.3 Å². The Bertz CT molecular complexity index is 1210. The van der Waals surface area contributed by atoms with Gasteiger partial charge in [0.15, 0.2) is 0 Å². The number of rotatable bonds is 5. The Morgan fingerprint density at radius 2 is 1.91 bits per heavy atom. The number of nitrogens with one attached hydrogen (secondary N) is 1. The highest BCUT2D eigenvalue weighted by molar-refractivity contribution is 5.76. The minimum absolute atomic E-state index is 0.0361. The Labute approximate surface area is 193 Å². The highest BCUT2D eigenvalue weighted by Gasteiger charge is 2.41. The Kier molecular flexibility index (Phi) is 5.29. The summed E-state index contributed by atoms with van der Waals surface area (Å²) in [6.45, 7) is 1.17. The fourth-order valence-electron chi connectivity index (χ4n) is 6.34. The second kappa shape index (κ2) is 8.45. The molecule has 1 saturated heterocycles. The summed E-state index contributed by atoms with van der Waals surface area (Å²) in [5, 5.41) is 13.9. The van der Waals surface area contributed by atoms with Gasteiger partial charge < -0.3 is 15.3 Å². The van der Waals surface area contributed by atoms with E-state index in [1.807, 2.05) is 29.0 Å². The third-order valence-electron chi connectivity index (χ3n) is 7.99. The van der Waals surface area contributed by atoms with Crippen molar-refractivity contribution in [2.24, 2.45) is 11.8 Å². The number of hydrogen-bond donors (Lipinski definition) is 2. The van der Waals surface area contributed by atoms with Gasteiger partial charge in [-0.1, -0.05) is 6.42 Å². The van der Waals surface area contributed by atoms with Gasteiger partial charge in [0.1, 0.15) is 5.65 Å². The minimum atomic E-state index is 0.0361. The number of piperidine rings is 1. The van der Waals surface area contributed by atoms with Crippen LogP contribution in [0.3, 0.4) is 0 Å². The first kappa shape index (κ1) is 20.7. The summed E-state index contributed by atoms with van der Waals surface area (Å²) in [5.41, 5.74) is 2.80. The average molecular weight is 446 g/mol. The molecule has 1 aliphatic heterocycles. The van der Waals surface area contributed by atoms with Gasteiger partial charge in [-0.15, -0.1) is 0 Å². The number of aliphatic hydroxyl groups excluding tert-OH is 1. The molecule has 3 aliphatic rings. The van der Waals surface area contributed by atoms with Gasteiger partial charge >= 0.3 is 0 Å². The molecule has 3 fully saturated rings. The van der Waals surface area contributed by atoms with Crippen LogP contribution in [-0.2, 0) is 0 Å². The maximum Gasteiger partial charge on any atom is 0.252 e. The number of benzene rings is 1. The maximum absolute atomic E-state index is 12.9. The smallest absolute Gasteiger partial charge is 0.252 e. The van der Waals surface area contributed by atoms with E-state index in [2.05, 4.69) is 27.3 Å². The first-order valence-electron chi connectivity index (χ1n) is 12.3. The predicted octanol–water partition coefficient (Wildman–Crippen LogP) is 4.25. The zero-order valence-electron chi connectivity index (χ0n) is 18.9. The molecule has 2 N–H and O–H groups in total. The van der Waals surface area contributed by atoms with Gasteiger partial charge in [-0.2, -0.15) is 4.98 Å². The highest BCUT2D eigenvalue weighted by Crippen LogP contribution is 2.50. The van der Waals surface area contributed by atoms with Crippen LogP contribution in [0.25, 0.3) is 11.0 Å². The number of pyridine rings is 1. The second-order valence-corrected chi connectivity index (χ2v) is 9.95. The van der Waals surface area contributed by atoms with Crippen molar-refractivity contribution in [3.05, 3.63) is 52.9 Å². The van der Waals surface area contributed by atoms with Crippen molar-refractivity contribution in [2.45, 2.75) is 57.0 Å². The Balaban J connectivity index is 1.27. The molecule has 33 heavy (non-hydrogen) atoms. The molecule has 4 atom stereocenters. The summed E-state index contributed by atoms with van der Waals surface area (Å²) in [4.78, 5) is 24.5. The van der Waals surface area contributed by atoms with Crippen LogP contribution < -0.4 is 15.8 Å².